The second-order valence-corrected chi connectivity index (χ2v) is 31.8. The lowest BCUT2D eigenvalue weighted by molar-refractivity contribution is -0.207. The summed E-state index contributed by atoms with van der Waals surface area (Å²) in [5.74, 6) is -4.66. The van der Waals surface area contributed by atoms with Crippen LogP contribution >= 0.6 is 0 Å². The largest absolute Gasteiger partial charge is 0.396 e. The number of likely N-dealkylation sites (tertiary alicyclic amines) is 1. The van der Waals surface area contributed by atoms with Crippen molar-refractivity contribution in [2.24, 2.45) is 0 Å². The van der Waals surface area contributed by atoms with Crippen LogP contribution in [0.15, 0.2) is 36.5 Å². The van der Waals surface area contributed by atoms with Crippen molar-refractivity contribution >= 4 is 94.0 Å². The van der Waals surface area contributed by atoms with Crippen LogP contribution < -0.4 is 0 Å². The second kappa shape index (κ2) is 84.0. The number of imide groups is 5. The first kappa shape index (κ1) is 125. The molecule has 2 fully saturated rings. The van der Waals surface area contributed by atoms with Gasteiger partial charge in [-0.3, -0.25) is 91.5 Å². The van der Waals surface area contributed by atoms with E-state index in [1.165, 1.54) is 41.4 Å². The molecule has 0 radical (unpaired) electrons. The molecule has 42 heteroatoms. The van der Waals surface area contributed by atoms with E-state index in [9.17, 15) is 76.7 Å². The molecule has 0 aromatic heterocycles. The predicted octanol–water partition coefficient (Wildman–Crippen LogP) is 3.85. The smallest absolute Gasteiger partial charge is 0.338 e. The molecule has 5 heterocycles. The molecule has 0 aromatic carbocycles. The summed E-state index contributed by atoms with van der Waals surface area (Å²) in [6.07, 6.45) is 24.1. The van der Waals surface area contributed by atoms with E-state index in [1.54, 1.807) is 0 Å². The average Bonchev–Trinajstić information content (AvgIpc) is 1.73. The molecule has 5 aliphatic rings. The number of aliphatic hydroxyl groups is 10. The van der Waals surface area contributed by atoms with E-state index < -0.39 is 66.6 Å². The third kappa shape index (κ3) is 64.7. The van der Waals surface area contributed by atoms with Gasteiger partial charge in [-0.1, -0.05) is 0 Å². The van der Waals surface area contributed by atoms with Gasteiger partial charge in [-0.25, -0.2) is 4.79 Å². The van der Waals surface area contributed by atoms with Gasteiger partial charge in [0.05, 0.1) is 25.8 Å². The molecule has 0 aromatic rings. The topological polar surface area (TPSA) is 593 Å². The lowest BCUT2D eigenvalue weighted by Crippen LogP contribution is -2.39. The van der Waals surface area contributed by atoms with Gasteiger partial charge in [0.2, 0.25) is 11.8 Å². The van der Waals surface area contributed by atoms with E-state index in [1.807, 2.05) is 0 Å². The van der Waals surface area contributed by atoms with Crippen molar-refractivity contribution in [3.05, 3.63) is 36.5 Å². The Labute approximate surface area is 791 Å². The highest BCUT2D eigenvalue weighted by atomic mass is 16.7. The van der Waals surface area contributed by atoms with E-state index in [2.05, 4.69) is 0 Å². The summed E-state index contributed by atoms with van der Waals surface area (Å²) in [7, 11) is 0. The maximum absolute atomic E-state index is 12.2. The van der Waals surface area contributed by atoms with Crippen LogP contribution in [0, 0.1) is 0 Å². The van der Waals surface area contributed by atoms with Gasteiger partial charge < -0.3 is 103 Å². The molecular formula is C93H153N5O37. The SMILES string of the molecule is O=C(CC(OCCCCO)OCCCCO)ON1C(=O)CCC1=O.O=C(CCCCC(=O)CC(OCCCCO)OCCCCO)CCN1C(=O)C=CC1=O.O=C(CCCCC(=O)CC(OCCCCO)OCCCCO)CCN1C(=O)C=CC1=O.O=C(CCCCC(OCCCCO)OCCCCO)CCN1C(=O)C=CC1=O.O=C1CCC(=O)N1CC(OCCCCO)OCCCCO. The Kier molecular flexibility index (Phi) is 77.8. The van der Waals surface area contributed by atoms with Crippen LogP contribution in [0.3, 0.4) is 0 Å². The molecule has 0 bridgehead atoms. The zero-order chi connectivity index (χ0) is 99.7. The summed E-state index contributed by atoms with van der Waals surface area (Å²) in [4.78, 5) is 196. The van der Waals surface area contributed by atoms with E-state index in [0.29, 0.717) is 257 Å². The van der Waals surface area contributed by atoms with Crippen LogP contribution in [0.2, 0.25) is 0 Å². The molecule has 0 unspecified atom stereocenters. The molecule has 10 amide bonds. The Balaban J connectivity index is 0.000000849. The highest BCUT2D eigenvalue weighted by Gasteiger charge is 2.35. The first-order valence-electron chi connectivity index (χ1n) is 47.6. The first-order chi connectivity index (χ1) is 65.3. The van der Waals surface area contributed by atoms with Crippen LogP contribution in [0.4, 0.5) is 0 Å². The van der Waals surface area contributed by atoms with Gasteiger partial charge in [-0.2, -0.15) is 0 Å². The highest BCUT2D eigenvalue weighted by Crippen LogP contribution is 2.21. The Morgan fingerprint density at radius 1 is 0.237 bits per heavy atom. The van der Waals surface area contributed by atoms with Gasteiger partial charge in [0.25, 0.3) is 47.3 Å². The number of hydrogen-bond acceptors (Lipinski definition) is 37. The number of unbranched alkanes of at least 4 members (excludes halogenated alkanes) is 13. The number of aliphatic hydroxyl groups excluding tert-OH is 10. The number of ketones is 5. The first-order valence-corrected chi connectivity index (χ1v) is 47.6. The van der Waals surface area contributed by atoms with Gasteiger partial charge in [-0.15, -0.1) is 5.06 Å². The lowest BCUT2D eigenvalue weighted by atomic mass is 10.1. The minimum Gasteiger partial charge on any atom is -0.396 e. The fraction of sp³-hybridized carbons (Fsp3) is 0.763. The number of nitrogens with zero attached hydrogens (tertiary/aromatic N) is 5. The second-order valence-electron chi connectivity index (χ2n) is 31.8. The third-order valence-electron chi connectivity index (χ3n) is 20.4. The minimum atomic E-state index is -0.873. The summed E-state index contributed by atoms with van der Waals surface area (Å²) in [6, 6.07) is 0. The van der Waals surface area contributed by atoms with Gasteiger partial charge in [0, 0.05) is 265 Å². The molecule has 772 valence electrons. The van der Waals surface area contributed by atoms with Crippen LogP contribution in [0.1, 0.15) is 270 Å². The van der Waals surface area contributed by atoms with E-state index >= 15 is 0 Å². The van der Waals surface area contributed by atoms with Crippen molar-refractivity contribution in [3.63, 3.8) is 0 Å². The zero-order valence-electron chi connectivity index (χ0n) is 78.8. The highest BCUT2D eigenvalue weighted by molar-refractivity contribution is 6.14. The number of ether oxygens (including phenoxy) is 10. The zero-order valence-corrected chi connectivity index (χ0v) is 78.8. The molecule has 135 heavy (non-hydrogen) atoms. The Hall–Kier alpha value is -8.06. The van der Waals surface area contributed by atoms with Crippen LogP contribution in [0.5, 0.6) is 0 Å². The summed E-state index contributed by atoms with van der Waals surface area (Å²) < 4.78 is 55.7. The van der Waals surface area contributed by atoms with Crippen molar-refractivity contribution in [1.82, 2.24) is 24.7 Å². The minimum absolute atomic E-state index is 0.0129. The third-order valence-corrected chi connectivity index (χ3v) is 20.4. The molecule has 5 aliphatic heterocycles. The molecule has 2 saturated heterocycles. The maximum atomic E-state index is 12.2. The normalized spacial score (nSPS) is 14.1. The van der Waals surface area contributed by atoms with Gasteiger partial charge >= 0.3 is 5.97 Å². The number of amides is 10. The van der Waals surface area contributed by atoms with Gasteiger partial charge in [0.1, 0.15) is 28.9 Å². The molecule has 0 saturated carbocycles. The van der Waals surface area contributed by atoms with E-state index in [0.717, 1.165) is 34.0 Å². The van der Waals surface area contributed by atoms with Crippen molar-refractivity contribution in [1.29, 1.82) is 0 Å². The number of carbonyl (C=O) groups excluding carboxylic acids is 16. The molecule has 10 N–H and O–H groups in total. The average molecular weight is 1930 g/mol. The Morgan fingerprint density at radius 2 is 0.452 bits per heavy atom. The fourth-order valence-electron chi connectivity index (χ4n) is 12.6. The lowest BCUT2D eigenvalue weighted by Gasteiger charge is -2.23. The van der Waals surface area contributed by atoms with Crippen LogP contribution in [-0.2, 0) is 129 Å². The van der Waals surface area contributed by atoms with Crippen LogP contribution in [-0.4, -0.2) is 359 Å². The maximum Gasteiger partial charge on any atom is 0.338 e. The molecule has 42 nitrogen and oxygen atoms in total. The van der Waals surface area contributed by atoms with Crippen molar-refractivity contribution in [2.75, 3.05) is 158 Å². The van der Waals surface area contributed by atoms with Crippen molar-refractivity contribution < 1.29 is 180 Å². The predicted molar refractivity (Wildman–Crippen MR) is 481 cm³/mol. The molecule has 0 aliphatic carbocycles. The van der Waals surface area contributed by atoms with E-state index in [-0.39, 0.29) is 215 Å². The van der Waals surface area contributed by atoms with E-state index in [4.69, 9.17) is 103 Å². The van der Waals surface area contributed by atoms with Crippen LogP contribution in [0.25, 0.3) is 0 Å². The molecular weight excluding hydrogens is 1780 g/mol. The summed E-state index contributed by atoms with van der Waals surface area (Å²) in [6.45, 7) is 5.34. The standard InChI is InChI=1S/2C22H35NO8.C20H33NO7.C15H25NO8.C14H25NO6/c2*24-13-3-5-15-30-22(31-16-6-4-14-25)17-19(27)8-2-1-7-18(26)11-12-23-20(28)9-10-21(23)29;22-13-3-5-15-27-20(28-16-6-4-14-23)8-2-1-7-17(24)11-12-21-18(25)9-10-19(21)26;17-7-1-3-9-22-15(23-10-4-2-8-18)11-14(21)24-16-12(19)5-6-13(16)20;16-7-1-3-9-20-14(21-10-4-2-8-17)11-15-12(18)5-6-13(15)19/h2*9-10,22,24-25H,1-8,11-17H2;9-10,20,22-23H,1-8,11-16H2;15,17-18H,1-11H2;14,16-17H,1-11H2. The number of hydrogen-bond donors (Lipinski definition) is 10. The van der Waals surface area contributed by atoms with Gasteiger partial charge in [0.15, 0.2) is 31.5 Å². The fourth-order valence-corrected chi connectivity index (χ4v) is 12.6. The summed E-state index contributed by atoms with van der Waals surface area (Å²) in [5.41, 5.74) is 0. The monoisotopic (exact) mass is 1930 g/mol. The molecule has 0 spiro atoms. The molecule has 0 atom stereocenters. The number of Topliss-reactive ketones (excluding diaryl/α,β-unsaturated/α-hetero) is 5. The Bertz CT molecular complexity index is 3200. The summed E-state index contributed by atoms with van der Waals surface area (Å²) in [5, 5.41) is 88.3. The number of rotatable bonds is 83. The Morgan fingerprint density at radius 3 is 0.704 bits per heavy atom. The van der Waals surface area contributed by atoms with Gasteiger partial charge in [-0.05, 0) is 173 Å². The number of carbonyl (C=O) groups is 16. The quantitative estimate of drug-likeness (QED) is 0.0235. The van der Waals surface area contributed by atoms with Crippen molar-refractivity contribution in [3.8, 4) is 0 Å². The summed E-state index contributed by atoms with van der Waals surface area (Å²) >= 11 is 0. The van der Waals surface area contributed by atoms with Crippen molar-refractivity contribution in [2.45, 2.75) is 301 Å². The molecule has 5 rings (SSSR count). The number of hydroxylamine groups is 2.